The largest absolute Gasteiger partial charge is 0.497 e. The molecule has 33 heavy (non-hydrogen) atoms. The molecule has 0 atom stereocenters. The lowest BCUT2D eigenvalue weighted by Crippen LogP contribution is -2.37. The maximum Gasteiger partial charge on any atom is 0.309 e. The summed E-state index contributed by atoms with van der Waals surface area (Å²) in [6, 6.07) is 11.5. The Hall–Kier alpha value is -2.84. The van der Waals surface area contributed by atoms with E-state index < -0.39 is 9.84 Å². The molecule has 0 saturated carbocycles. The van der Waals surface area contributed by atoms with Gasteiger partial charge in [-0.25, -0.2) is 8.42 Å². The van der Waals surface area contributed by atoms with Crippen molar-refractivity contribution in [2.75, 3.05) is 31.7 Å². The highest BCUT2D eigenvalue weighted by Gasteiger charge is 2.31. The average molecular weight is 489 g/mol. The van der Waals surface area contributed by atoms with E-state index in [9.17, 15) is 13.2 Å². The van der Waals surface area contributed by atoms with Crippen molar-refractivity contribution < 1.29 is 22.7 Å². The molecule has 174 valence electrons. The fourth-order valence-corrected chi connectivity index (χ4v) is 5.69. The molecule has 0 aliphatic carbocycles. The molecule has 2 heterocycles. The fourth-order valence-electron chi connectivity index (χ4n) is 4.13. The number of halogens is 1. The second-order valence-electron chi connectivity index (χ2n) is 7.82. The number of hydrogen-bond acceptors (Lipinski definition) is 7. The first kappa shape index (κ1) is 23.3. The van der Waals surface area contributed by atoms with Crippen LogP contribution in [0.5, 0.6) is 5.75 Å². The zero-order valence-electron chi connectivity index (χ0n) is 18.5. The van der Waals surface area contributed by atoms with E-state index in [0.29, 0.717) is 59.9 Å². The van der Waals surface area contributed by atoms with Gasteiger partial charge in [0.25, 0.3) is 0 Å². The van der Waals surface area contributed by atoms with Gasteiger partial charge < -0.3 is 14.4 Å². The molecule has 1 aliphatic heterocycles. The van der Waals surface area contributed by atoms with Crippen LogP contribution in [0, 0.1) is 5.92 Å². The molecular formula is C24H25ClN2O5S. The minimum atomic E-state index is -3.88. The summed E-state index contributed by atoms with van der Waals surface area (Å²) in [6.07, 6.45) is 2.56. The Labute approximate surface area is 198 Å². The van der Waals surface area contributed by atoms with E-state index in [1.165, 1.54) is 18.3 Å². The van der Waals surface area contributed by atoms with Crippen molar-refractivity contribution in [3.8, 4) is 5.75 Å². The van der Waals surface area contributed by atoms with Crippen molar-refractivity contribution in [2.45, 2.75) is 29.6 Å². The molecule has 0 amide bonds. The molecule has 0 bridgehead atoms. The Morgan fingerprint density at radius 3 is 2.48 bits per heavy atom. The third kappa shape index (κ3) is 4.63. The molecule has 1 aliphatic rings. The van der Waals surface area contributed by atoms with Crippen molar-refractivity contribution in [2.24, 2.45) is 5.92 Å². The van der Waals surface area contributed by atoms with Gasteiger partial charge >= 0.3 is 5.97 Å². The van der Waals surface area contributed by atoms with Crippen LogP contribution in [0.15, 0.2) is 58.5 Å². The predicted molar refractivity (Wildman–Crippen MR) is 127 cm³/mol. The number of aromatic nitrogens is 1. The normalized spacial score (nSPS) is 14.9. The summed E-state index contributed by atoms with van der Waals surface area (Å²) in [4.78, 5) is 18.9. The molecular weight excluding hydrogens is 464 g/mol. The van der Waals surface area contributed by atoms with E-state index in [4.69, 9.17) is 21.1 Å². The van der Waals surface area contributed by atoms with Crippen molar-refractivity contribution >= 4 is 44.0 Å². The Balaban J connectivity index is 1.82. The van der Waals surface area contributed by atoms with Gasteiger partial charge in [0.05, 0.1) is 35.7 Å². The van der Waals surface area contributed by atoms with E-state index in [1.807, 2.05) is 11.0 Å². The minimum Gasteiger partial charge on any atom is -0.497 e. The summed E-state index contributed by atoms with van der Waals surface area (Å²) in [7, 11) is -2.32. The maximum atomic E-state index is 13.6. The van der Waals surface area contributed by atoms with Crippen LogP contribution in [0.2, 0.25) is 5.02 Å². The van der Waals surface area contributed by atoms with Gasteiger partial charge in [-0.05, 0) is 62.2 Å². The molecule has 4 rings (SSSR count). The SMILES string of the molecule is CCOC(=O)C1CCN(c2c(S(=O)(=O)c3ccc(Cl)cc3)cnc3ccc(OC)cc23)CC1. The van der Waals surface area contributed by atoms with Gasteiger partial charge in [0.15, 0.2) is 0 Å². The van der Waals surface area contributed by atoms with Crippen LogP contribution in [0.25, 0.3) is 10.9 Å². The van der Waals surface area contributed by atoms with Crippen molar-refractivity contribution in [1.29, 1.82) is 0 Å². The maximum absolute atomic E-state index is 13.6. The number of sulfone groups is 1. The van der Waals surface area contributed by atoms with Gasteiger partial charge in [-0.2, -0.15) is 0 Å². The highest BCUT2D eigenvalue weighted by molar-refractivity contribution is 7.91. The molecule has 9 heteroatoms. The first-order valence-corrected chi connectivity index (χ1v) is 12.6. The first-order chi connectivity index (χ1) is 15.8. The summed E-state index contributed by atoms with van der Waals surface area (Å²) in [5.74, 6) is 0.209. The van der Waals surface area contributed by atoms with Gasteiger partial charge in [-0.1, -0.05) is 11.6 Å². The summed E-state index contributed by atoms with van der Waals surface area (Å²) >= 11 is 5.97. The second kappa shape index (κ2) is 9.57. The number of benzene rings is 2. The van der Waals surface area contributed by atoms with Gasteiger partial charge in [0.1, 0.15) is 10.6 Å². The van der Waals surface area contributed by atoms with E-state index in [2.05, 4.69) is 4.98 Å². The molecule has 0 radical (unpaired) electrons. The van der Waals surface area contributed by atoms with Crippen molar-refractivity contribution in [3.63, 3.8) is 0 Å². The molecule has 0 spiro atoms. The lowest BCUT2D eigenvalue weighted by molar-refractivity contribution is -0.148. The Morgan fingerprint density at radius 1 is 1.15 bits per heavy atom. The predicted octanol–water partition coefficient (Wildman–Crippen LogP) is 4.51. The van der Waals surface area contributed by atoms with Crippen LogP contribution in [0.1, 0.15) is 19.8 Å². The first-order valence-electron chi connectivity index (χ1n) is 10.7. The van der Waals surface area contributed by atoms with Crippen molar-refractivity contribution in [1.82, 2.24) is 4.98 Å². The zero-order valence-corrected chi connectivity index (χ0v) is 20.0. The second-order valence-corrected chi connectivity index (χ2v) is 10.2. The quantitative estimate of drug-likeness (QED) is 0.472. The summed E-state index contributed by atoms with van der Waals surface area (Å²) in [5.41, 5.74) is 1.23. The van der Waals surface area contributed by atoms with Gasteiger partial charge in [-0.15, -0.1) is 0 Å². The molecule has 1 aromatic heterocycles. The molecule has 2 aromatic carbocycles. The zero-order chi connectivity index (χ0) is 23.6. The number of rotatable bonds is 6. The standard InChI is InChI=1S/C24H25ClN2O5S/c1-3-32-24(28)16-10-12-27(13-11-16)23-20-14-18(31-2)6-9-21(20)26-15-22(23)33(29,30)19-7-4-17(25)5-8-19/h4-9,14-16H,3,10-13H2,1-2H3. The van der Waals surface area contributed by atoms with E-state index in [1.54, 1.807) is 38.3 Å². The molecule has 7 nitrogen and oxygen atoms in total. The number of carbonyl (C=O) groups excluding carboxylic acids is 1. The van der Waals surface area contributed by atoms with Crippen molar-refractivity contribution in [3.05, 3.63) is 53.7 Å². The van der Waals surface area contributed by atoms with Crippen LogP contribution in [0.3, 0.4) is 0 Å². The van der Waals surface area contributed by atoms with Crippen LogP contribution in [-0.2, 0) is 19.4 Å². The molecule has 3 aromatic rings. The Bertz CT molecular complexity index is 1270. The smallest absolute Gasteiger partial charge is 0.309 e. The number of piperidine rings is 1. The highest BCUT2D eigenvalue weighted by atomic mass is 35.5. The van der Waals surface area contributed by atoms with E-state index in [-0.39, 0.29) is 21.7 Å². The number of methoxy groups -OCH3 is 1. The summed E-state index contributed by atoms with van der Waals surface area (Å²) in [6.45, 7) is 3.17. The van der Waals surface area contributed by atoms with Gasteiger partial charge in [0.2, 0.25) is 9.84 Å². The lowest BCUT2D eigenvalue weighted by Gasteiger charge is -2.34. The number of ether oxygens (including phenoxy) is 2. The van der Waals surface area contributed by atoms with Crippen LogP contribution >= 0.6 is 11.6 Å². The Morgan fingerprint density at radius 2 is 1.85 bits per heavy atom. The van der Waals surface area contributed by atoms with E-state index >= 15 is 0 Å². The number of pyridine rings is 1. The molecule has 1 fully saturated rings. The Kier molecular flexibility index (Phi) is 6.76. The van der Waals surface area contributed by atoms with Crippen LogP contribution < -0.4 is 9.64 Å². The lowest BCUT2D eigenvalue weighted by atomic mass is 9.96. The van der Waals surface area contributed by atoms with Crippen LogP contribution in [-0.4, -0.2) is 46.2 Å². The number of hydrogen-bond donors (Lipinski definition) is 0. The number of esters is 1. The highest BCUT2D eigenvalue weighted by Crippen LogP contribution is 2.39. The third-order valence-corrected chi connectivity index (χ3v) is 7.88. The average Bonchev–Trinajstić information content (AvgIpc) is 2.83. The fraction of sp³-hybridized carbons (Fsp3) is 0.333. The minimum absolute atomic E-state index is 0.111. The topological polar surface area (TPSA) is 85.8 Å². The molecule has 0 unspecified atom stereocenters. The van der Waals surface area contributed by atoms with Gasteiger partial charge in [-0.3, -0.25) is 9.78 Å². The number of carbonyl (C=O) groups is 1. The molecule has 0 N–H and O–H groups in total. The van der Waals surface area contributed by atoms with E-state index in [0.717, 1.165) is 0 Å². The van der Waals surface area contributed by atoms with Crippen LogP contribution in [0.4, 0.5) is 5.69 Å². The summed E-state index contributed by atoms with van der Waals surface area (Å²) in [5, 5.41) is 1.13. The number of nitrogens with zero attached hydrogens (tertiary/aromatic N) is 2. The van der Waals surface area contributed by atoms with Gasteiger partial charge in [0, 0.05) is 29.7 Å². The number of fused-ring (bicyclic) bond motifs is 1. The number of anilines is 1. The molecule has 1 saturated heterocycles. The summed E-state index contributed by atoms with van der Waals surface area (Å²) < 4.78 is 37.9. The monoisotopic (exact) mass is 488 g/mol. The third-order valence-electron chi connectivity index (χ3n) is 5.86.